The van der Waals surface area contributed by atoms with Gasteiger partial charge in [0, 0.05) is 25.8 Å². The minimum Gasteiger partial charge on any atom is -0.508 e. The fourth-order valence-electron chi connectivity index (χ4n) is 3.31. The fourth-order valence-corrected chi connectivity index (χ4v) is 4.03. The molecule has 0 aliphatic heterocycles. The van der Waals surface area contributed by atoms with Gasteiger partial charge in [-0.05, 0) is 47.2 Å². The summed E-state index contributed by atoms with van der Waals surface area (Å²) in [6.45, 7) is 0. The fraction of sp³-hybridized carbons (Fsp3) is 0. The summed E-state index contributed by atoms with van der Waals surface area (Å²) in [5.41, 5.74) is 3.14. The van der Waals surface area contributed by atoms with Crippen LogP contribution in [0.3, 0.4) is 0 Å². The Balaban J connectivity index is 2.12. The van der Waals surface area contributed by atoms with Crippen LogP contribution in [-0.2, 0) is 0 Å². The molecule has 0 spiro atoms. The third-order valence-electron chi connectivity index (χ3n) is 4.41. The van der Waals surface area contributed by atoms with E-state index in [1.807, 2.05) is 12.1 Å². The Morgan fingerprint density at radius 2 is 1.16 bits per heavy atom. The quantitative estimate of drug-likeness (QED) is 0.220. The van der Waals surface area contributed by atoms with Crippen LogP contribution in [0.5, 0.6) is 5.75 Å². The summed E-state index contributed by atoms with van der Waals surface area (Å²) in [6, 6.07) is 17.5. The predicted octanol–water partition coefficient (Wildman–Crippen LogP) is 6.32. The van der Waals surface area contributed by atoms with Crippen LogP contribution in [0.4, 0.5) is 0 Å². The molecule has 0 aliphatic rings. The number of fused-ring (bicyclic) bond motifs is 7. The van der Waals surface area contributed by atoms with E-state index in [1.165, 1.54) is 0 Å². The summed E-state index contributed by atoms with van der Waals surface area (Å²) in [4.78, 5) is 9.69. The average Bonchev–Trinajstić information content (AvgIpc) is 2.60. The molecule has 0 atom stereocenters. The van der Waals surface area contributed by atoms with E-state index in [0.717, 1.165) is 47.0 Å². The molecule has 5 heteroatoms. The Hall–Kier alpha value is -2.24. The first-order valence-corrected chi connectivity index (χ1v) is 9.30. The van der Waals surface area contributed by atoms with Crippen LogP contribution in [0.1, 0.15) is 0 Å². The Kier molecular flexibility index (Phi) is 3.24. The van der Waals surface area contributed by atoms with Crippen LogP contribution < -0.4 is 0 Å². The lowest BCUT2D eigenvalue weighted by atomic mass is 9.99. The number of nitrogens with zero attached hydrogens (tertiary/aromatic N) is 2. The van der Waals surface area contributed by atoms with Crippen molar-refractivity contribution < 1.29 is 5.11 Å². The number of phenols is 1. The summed E-state index contributed by atoms with van der Waals surface area (Å²) in [6.07, 6.45) is 0. The summed E-state index contributed by atoms with van der Waals surface area (Å²) in [7, 11) is 0. The van der Waals surface area contributed by atoms with Gasteiger partial charge in [-0.15, -0.1) is 0 Å². The summed E-state index contributed by atoms with van der Waals surface area (Å²) in [5.74, 6) is 0.190. The van der Waals surface area contributed by atoms with Crippen LogP contribution in [0, 0.1) is 0 Å². The molecule has 25 heavy (non-hydrogen) atoms. The van der Waals surface area contributed by atoms with Crippen molar-refractivity contribution >= 4 is 75.5 Å². The molecule has 0 bridgehead atoms. The second-order valence-electron chi connectivity index (χ2n) is 5.97. The van der Waals surface area contributed by atoms with Gasteiger partial charge in [0.05, 0.1) is 22.1 Å². The number of aromatic nitrogens is 2. The highest BCUT2D eigenvalue weighted by Crippen LogP contribution is 2.36. The van der Waals surface area contributed by atoms with Crippen LogP contribution in [0.15, 0.2) is 63.5 Å². The van der Waals surface area contributed by atoms with E-state index in [4.69, 9.17) is 9.97 Å². The van der Waals surface area contributed by atoms with E-state index in [9.17, 15) is 5.11 Å². The number of phenolic OH excluding ortho intramolecular Hbond substituents is 1. The SMILES string of the molecule is Oc1ccc2nc3c4cc(Br)ccc4c4ccc(Br)cc4c3nc2c1. The molecule has 4 aromatic carbocycles. The van der Waals surface area contributed by atoms with Crippen molar-refractivity contribution in [3.05, 3.63) is 63.5 Å². The number of rotatable bonds is 0. The molecule has 0 saturated heterocycles. The number of hydrogen-bond donors (Lipinski definition) is 1. The molecule has 5 aromatic rings. The van der Waals surface area contributed by atoms with Crippen molar-refractivity contribution in [3.8, 4) is 5.75 Å². The van der Waals surface area contributed by atoms with Crippen molar-refractivity contribution in [2.24, 2.45) is 0 Å². The maximum atomic E-state index is 9.79. The van der Waals surface area contributed by atoms with Crippen molar-refractivity contribution in [1.29, 1.82) is 0 Å². The van der Waals surface area contributed by atoms with Crippen LogP contribution >= 0.6 is 31.9 Å². The lowest BCUT2D eigenvalue weighted by Crippen LogP contribution is -1.91. The van der Waals surface area contributed by atoms with Crippen LogP contribution in [0.2, 0.25) is 0 Å². The zero-order valence-electron chi connectivity index (χ0n) is 12.8. The molecule has 5 rings (SSSR count). The Bertz CT molecular complexity index is 1330. The number of benzene rings is 4. The lowest BCUT2D eigenvalue weighted by molar-refractivity contribution is 0.476. The Labute approximate surface area is 159 Å². The molecule has 0 fully saturated rings. The summed E-state index contributed by atoms with van der Waals surface area (Å²) >= 11 is 7.12. The molecule has 1 aromatic heterocycles. The molecule has 0 saturated carbocycles. The average molecular weight is 454 g/mol. The van der Waals surface area contributed by atoms with Gasteiger partial charge in [0.25, 0.3) is 0 Å². The third kappa shape index (κ3) is 2.30. The molecule has 3 nitrogen and oxygen atoms in total. The van der Waals surface area contributed by atoms with Crippen LogP contribution in [0.25, 0.3) is 43.6 Å². The molecule has 0 amide bonds. The third-order valence-corrected chi connectivity index (χ3v) is 5.40. The second kappa shape index (κ2) is 5.38. The maximum absolute atomic E-state index is 9.79. The lowest BCUT2D eigenvalue weighted by Gasteiger charge is -2.11. The molecular formula is C20H10Br2N2O. The molecule has 0 unspecified atom stereocenters. The van der Waals surface area contributed by atoms with E-state index in [2.05, 4.69) is 56.1 Å². The molecule has 1 N–H and O–H groups in total. The first kappa shape index (κ1) is 15.0. The van der Waals surface area contributed by atoms with Gasteiger partial charge in [-0.25, -0.2) is 9.97 Å². The number of halogens is 2. The van der Waals surface area contributed by atoms with Gasteiger partial charge in [-0.2, -0.15) is 0 Å². The van der Waals surface area contributed by atoms with E-state index < -0.39 is 0 Å². The summed E-state index contributed by atoms with van der Waals surface area (Å²) < 4.78 is 2.00. The first-order chi connectivity index (χ1) is 12.1. The van der Waals surface area contributed by atoms with Crippen molar-refractivity contribution in [2.45, 2.75) is 0 Å². The maximum Gasteiger partial charge on any atom is 0.117 e. The van der Waals surface area contributed by atoms with Gasteiger partial charge in [0.15, 0.2) is 0 Å². The molecule has 1 heterocycles. The van der Waals surface area contributed by atoms with E-state index in [-0.39, 0.29) is 5.75 Å². The van der Waals surface area contributed by atoms with Crippen molar-refractivity contribution in [1.82, 2.24) is 9.97 Å². The van der Waals surface area contributed by atoms with Gasteiger partial charge in [-0.3, -0.25) is 0 Å². The standard InChI is InChI=1S/C20H10Br2N2O/c21-10-1-4-13-14-5-2-11(22)8-16(14)20-19(15(13)7-10)23-17-6-3-12(25)9-18(17)24-20/h1-9,25H. The minimum absolute atomic E-state index is 0.190. The monoisotopic (exact) mass is 452 g/mol. The Morgan fingerprint density at radius 1 is 0.600 bits per heavy atom. The normalized spacial score (nSPS) is 11.8. The predicted molar refractivity (Wildman–Crippen MR) is 109 cm³/mol. The molecular weight excluding hydrogens is 444 g/mol. The second-order valence-corrected chi connectivity index (χ2v) is 7.81. The highest BCUT2D eigenvalue weighted by Gasteiger charge is 2.13. The highest BCUT2D eigenvalue weighted by atomic mass is 79.9. The van der Waals surface area contributed by atoms with Gasteiger partial charge in [-0.1, -0.05) is 44.0 Å². The zero-order valence-corrected chi connectivity index (χ0v) is 16.0. The van der Waals surface area contributed by atoms with E-state index in [1.54, 1.807) is 18.2 Å². The van der Waals surface area contributed by atoms with Gasteiger partial charge >= 0.3 is 0 Å². The van der Waals surface area contributed by atoms with Gasteiger partial charge < -0.3 is 5.11 Å². The van der Waals surface area contributed by atoms with E-state index >= 15 is 0 Å². The van der Waals surface area contributed by atoms with Gasteiger partial charge in [0.2, 0.25) is 0 Å². The van der Waals surface area contributed by atoms with Gasteiger partial charge in [0.1, 0.15) is 5.75 Å². The highest BCUT2D eigenvalue weighted by molar-refractivity contribution is 9.10. The minimum atomic E-state index is 0.190. The Morgan fingerprint density at radius 3 is 1.76 bits per heavy atom. The zero-order chi connectivity index (χ0) is 17.1. The summed E-state index contributed by atoms with van der Waals surface area (Å²) in [5, 5.41) is 14.2. The van der Waals surface area contributed by atoms with E-state index in [0.29, 0.717) is 5.52 Å². The largest absolute Gasteiger partial charge is 0.508 e. The molecule has 0 radical (unpaired) electrons. The first-order valence-electron chi connectivity index (χ1n) is 7.71. The van der Waals surface area contributed by atoms with Crippen molar-refractivity contribution in [2.75, 3.05) is 0 Å². The number of hydrogen-bond acceptors (Lipinski definition) is 3. The molecule has 0 aliphatic carbocycles. The smallest absolute Gasteiger partial charge is 0.117 e. The van der Waals surface area contributed by atoms with Crippen molar-refractivity contribution in [3.63, 3.8) is 0 Å². The van der Waals surface area contributed by atoms with Crippen LogP contribution in [-0.4, -0.2) is 15.1 Å². The molecule has 120 valence electrons. The topological polar surface area (TPSA) is 46.0 Å². The number of aromatic hydroxyl groups is 1.